The first-order valence-corrected chi connectivity index (χ1v) is 8.79. The average molecular weight is 406 g/mol. The summed E-state index contributed by atoms with van der Waals surface area (Å²) in [6.45, 7) is 1.87. The molecule has 0 fully saturated rings. The lowest BCUT2D eigenvalue weighted by Crippen LogP contribution is -2.06. The van der Waals surface area contributed by atoms with Gasteiger partial charge in [-0.25, -0.2) is 19.9 Å². The Hall–Kier alpha value is -4.06. The maximum atomic E-state index is 12.7. The highest BCUT2D eigenvalue weighted by Crippen LogP contribution is 2.30. The summed E-state index contributed by atoms with van der Waals surface area (Å²) >= 11 is 0. The van der Waals surface area contributed by atoms with Crippen LogP contribution in [0.1, 0.15) is 16.8 Å². The van der Waals surface area contributed by atoms with Crippen LogP contribution in [0.2, 0.25) is 0 Å². The molecule has 4 rings (SSSR count). The highest BCUT2D eigenvalue weighted by molar-refractivity contribution is 5.91. The van der Waals surface area contributed by atoms with Gasteiger partial charge in [0, 0.05) is 17.8 Å². The number of rotatable bonds is 3. The van der Waals surface area contributed by atoms with Gasteiger partial charge in [0.05, 0.1) is 22.6 Å². The lowest BCUT2D eigenvalue weighted by molar-refractivity contribution is -0.137. The number of anilines is 2. The van der Waals surface area contributed by atoms with Crippen molar-refractivity contribution in [3.8, 4) is 17.5 Å². The number of nitrogens with zero attached hydrogens (tertiary/aromatic N) is 5. The molecule has 4 aromatic heterocycles. The number of nitriles is 1. The van der Waals surface area contributed by atoms with E-state index in [2.05, 4.69) is 25.3 Å². The standard InChI is InChI=1S/C21H13F3N6/c1-12-2-4-14(10-25)28-19(12)17-6-5-15-16(8-9-26-20(15)30-17)29-18-7-3-13(11-27-18)21(22,23)24/h2-9,11H,1H3,(H,26,27,29,30). The fourth-order valence-corrected chi connectivity index (χ4v) is 2.89. The molecule has 4 aromatic rings. The summed E-state index contributed by atoms with van der Waals surface area (Å²) in [6.07, 6.45) is -2.12. The van der Waals surface area contributed by atoms with Crippen molar-refractivity contribution >= 4 is 22.5 Å². The fourth-order valence-electron chi connectivity index (χ4n) is 2.89. The maximum absolute atomic E-state index is 12.7. The molecule has 0 spiro atoms. The zero-order valence-electron chi connectivity index (χ0n) is 15.6. The molecular formula is C21H13F3N6. The number of hydrogen-bond acceptors (Lipinski definition) is 6. The molecule has 0 saturated heterocycles. The minimum absolute atomic E-state index is 0.263. The Balaban J connectivity index is 1.69. The van der Waals surface area contributed by atoms with Crippen molar-refractivity contribution in [2.75, 3.05) is 5.32 Å². The third kappa shape index (κ3) is 3.75. The SMILES string of the molecule is Cc1ccc(C#N)nc1-c1ccc2c(Nc3ccc(C(F)(F)F)cn3)ccnc2n1. The van der Waals surface area contributed by atoms with E-state index in [4.69, 9.17) is 5.26 Å². The van der Waals surface area contributed by atoms with Crippen molar-refractivity contribution in [1.29, 1.82) is 5.26 Å². The van der Waals surface area contributed by atoms with Gasteiger partial charge in [0.2, 0.25) is 0 Å². The summed E-state index contributed by atoms with van der Waals surface area (Å²) in [6, 6.07) is 12.9. The molecule has 0 bridgehead atoms. The normalized spacial score (nSPS) is 11.3. The van der Waals surface area contributed by atoms with Gasteiger partial charge >= 0.3 is 6.18 Å². The molecule has 9 heteroatoms. The molecule has 0 aliphatic heterocycles. The van der Waals surface area contributed by atoms with Gasteiger partial charge in [-0.2, -0.15) is 18.4 Å². The van der Waals surface area contributed by atoms with Crippen molar-refractivity contribution < 1.29 is 13.2 Å². The predicted molar refractivity (Wildman–Crippen MR) is 105 cm³/mol. The highest BCUT2D eigenvalue weighted by atomic mass is 19.4. The number of hydrogen-bond donors (Lipinski definition) is 1. The largest absolute Gasteiger partial charge is 0.417 e. The molecule has 0 amide bonds. The van der Waals surface area contributed by atoms with Gasteiger partial charge in [-0.3, -0.25) is 0 Å². The summed E-state index contributed by atoms with van der Waals surface area (Å²) < 4.78 is 38.1. The third-order valence-corrected chi connectivity index (χ3v) is 4.41. The van der Waals surface area contributed by atoms with E-state index >= 15 is 0 Å². The van der Waals surface area contributed by atoms with Gasteiger partial charge < -0.3 is 5.32 Å². The van der Waals surface area contributed by atoms with Gasteiger partial charge in [0.1, 0.15) is 17.6 Å². The van der Waals surface area contributed by atoms with E-state index < -0.39 is 11.7 Å². The minimum Gasteiger partial charge on any atom is -0.340 e. The molecule has 0 saturated carbocycles. The van der Waals surface area contributed by atoms with Gasteiger partial charge in [0.25, 0.3) is 0 Å². The molecule has 0 aliphatic carbocycles. The summed E-state index contributed by atoms with van der Waals surface area (Å²) in [4.78, 5) is 17.0. The molecule has 30 heavy (non-hydrogen) atoms. The Bertz CT molecular complexity index is 1280. The predicted octanol–water partition coefficient (Wildman–Crippen LogP) is 5.03. The second kappa shape index (κ2) is 7.40. The van der Waals surface area contributed by atoms with Crippen molar-refractivity contribution in [3.05, 3.63) is 71.7 Å². The van der Waals surface area contributed by atoms with Gasteiger partial charge in [-0.1, -0.05) is 6.07 Å². The smallest absolute Gasteiger partial charge is 0.340 e. The van der Waals surface area contributed by atoms with Crippen LogP contribution in [0.5, 0.6) is 0 Å². The maximum Gasteiger partial charge on any atom is 0.417 e. The van der Waals surface area contributed by atoms with E-state index in [1.165, 1.54) is 12.3 Å². The van der Waals surface area contributed by atoms with E-state index in [1.807, 2.05) is 13.0 Å². The zero-order valence-corrected chi connectivity index (χ0v) is 15.6. The number of alkyl halides is 3. The van der Waals surface area contributed by atoms with Gasteiger partial charge in [0.15, 0.2) is 5.65 Å². The quantitative estimate of drug-likeness (QED) is 0.514. The zero-order chi connectivity index (χ0) is 21.3. The Morgan fingerprint density at radius 1 is 0.967 bits per heavy atom. The van der Waals surface area contributed by atoms with Crippen LogP contribution in [0.15, 0.2) is 54.9 Å². The Morgan fingerprint density at radius 2 is 1.80 bits per heavy atom. The monoisotopic (exact) mass is 406 g/mol. The van der Waals surface area contributed by atoms with E-state index in [9.17, 15) is 13.2 Å². The van der Waals surface area contributed by atoms with E-state index in [1.54, 1.807) is 30.3 Å². The van der Waals surface area contributed by atoms with Crippen LogP contribution < -0.4 is 5.32 Å². The lowest BCUT2D eigenvalue weighted by Gasteiger charge is -2.11. The molecule has 6 nitrogen and oxygen atoms in total. The summed E-state index contributed by atoms with van der Waals surface area (Å²) in [5, 5.41) is 12.7. The topological polar surface area (TPSA) is 87.4 Å². The lowest BCUT2D eigenvalue weighted by atomic mass is 10.1. The summed E-state index contributed by atoms with van der Waals surface area (Å²) in [7, 11) is 0. The second-order valence-electron chi connectivity index (χ2n) is 6.45. The Kier molecular flexibility index (Phi) is 4.75. The fraction of sp³-hybridized carbons (Fsp3) is 0.0952. The molecule has 148 valence electrons. The first-order chi connectivity index (χ1) is 14.3. The van der Waals surface area contributed by atoms with Crippen LogP contribution in [-0.2, 0) is 6.18 Å². The average Bonchev–Trinajstić information content (AvgIpc) is 2.74. The van der Waals surface area contributed by atoms with Gasteiger partial charge in [-0.15, -0.1) is 0 Å². The molecule has 0 unspecified atom stereocenters. The highest BCUT2D eigenvalue weighted by Gasteiger charge is 2.30. The number of pyridine rings is 4. The first kappa shape index (κ1) is 19.3. The van der Waals surface area contributed by atoms with Crippen LogP contribution in [0, 0.1) is 18.3 Å². The molecule has 0 radical (unpaired) electrons. The molecule has 1 N–H and O–H groups in total. The number of nitrogens with one attached hydrogen (secondary N) is 1. The van der Waals surface area contributed by atoms with Crippen LogP contribution in [-0.4, -0.2) is 19.9 Å². The first-order valence-electron chi connectivity index (χ1n) is 8.79. The van der Waals surface area contributed by atoms with Gasteiger partial charge in [-0.05, 0) is 48.9 Å². The number of fused-ring (bicyclic) bond motifs is 1. The summed E-state index contributed by atoms with van der Waals surface area (Å²) in [5.41, 5.74) is 2.50. The van der Waals surface area contributed by atoms with Crippen molar-refractivity contribution in [2.45, 2.75) is 13.1 Å². The molecule has 0 aliphatic rings. The number of aryl methyl sites for hydroxylation is 1. The molecular weight excluding hydrogens is 393 g/mol. The van der Waals surface area contributed by atoms with Crippen LogP contribution in [0.25, 0.3) is 22.4 Å². The van der Waals surface area contributed by atoms with Crippen molar-refractivity contribution in [3.63, 3.8) is 0 Å². The van der Waals surface area contributed by atoms with Crippen LogP contribution in [0.4, 0.5) is 24.7 Å². The number of halogens is 3. The number of aromatic nitrogens is 4. The van der Waals surface area contributed by atoms with Crippen LogP contribution in [0.3, 0.4) is 0 Å². The Morgan fingerprint density at radius 3 is 2.50 bits per heavy atom. The van der Waals surface area contributed by atoms with Crippen molar-refractivity contribution in [2.24, 2.45) is 0 Å². The minimum atomic E-state index is -4.44. The summed E-state index contributed by atoms with van der Waals surface area (Å²) in [5.74, 6) is 0.263. The van der Waals surface area contributed by atoms with E-state index in [0.29, 0.717) is 28.1 Å². The van der Waals surface area contributed by atoms with E-state index in [0.717, 1.165) is 17.8 Å². The molecule has 4 heterocycles. The van der Waals surface area contributed by atoms with Crippen molar-refractivity contribution in [1.82, 2.24) is 19.9 Å². The van der Waals surface area contributed by atoms with Crippen LogP contribution >= 0.6 is 0 Å². The second-order valence-corrected chi connectivity index (χ2v) is 6.45. The Labute approximate surface area is 169 Å². The molecule has 0 atom stereocenters. The van der Waals surface area contributed by atoms with E-state index in [-0.39, 0.29) is 11.5 Å². The molecule has 0 aromatic carbocycles. The third-order valence-electron chi connectivity index (χ3n) is 4.41.